The summed E-state index contributed by atoms with van der Waals surface area (Å²) in [7, 11) is 0. The van der Waals surface area contributed by atoms with Crippen LogP contribution in [0.5, 0.6) is 11.5 Å². The lowest BCUT2D eigenvalue weighted by atomic mass is 9.99. The molecule has 1 aliphatic heterocycles. The summed E-state index contributed by atoms with van der Waals surface area (Å²) in [5.41, 5.74) is 2.55. The van der Waals surface area contributed by atoms with Crippen LogP contribution in [0.15, 0.2) is 29.4 Å². The fourth-order valence-corrected chi connectivity index (χ4v) is 2.57. The van der Waals surface area contributed by atoms with Gasteiger partial charge in [0.25, 0.3) is 5.91 Å². The number of nitrogens with one attached hydrogen (secondary N) is 1. The van der Waals surface area contributed by atoms with Gasteiger partial charge in [0, 0.05) is 23.2 Å². The topological polar surface area (TPSA) is 107 Å². The molecule has 4 N–H and O–H groups in total. The second-order valence-electron chi connectivity index (χ2n) is 5.92. The number of aromatic hydroxyl groups is 2. The predicted octanol–water partition coefficient (Wildman–Crippen LogP) is 2.64. The van der Waals surface area contributed by atoms with Crippen LogP contribution in [0.25, 0.3) is 0 Å². The van der Waals surface area contributed by atoms with Gasteiger partial charge >= 0.3 is 5.97 Å². The van der Waals surface area contributed by atoms with E-state index in [0.717, 1.165) is 5.57 Å². The predicted molar refractivity (Wildman–Crippen MR) is 89.0 cm³/mol. The quantitative estimate of drug-likeness (QED) is 0.473. The van der Waals surface area contributed by atoms with Gasteiger partial charge in [-0.2, -0.15) is 0 Å². The van der Waals surface area contributed by atoms with Crippen molar-refractivity contribution in [2.75, 3.05) is 0 Å². The molecule has 1 heterocycles. The highest BCUT2D eigenvalue weighted by Gasteiger charge is 2.25. The third-order valence-electron chi connectivity index (χ3n) is 4.14. The van der Waals surface area contributed by atoms with Crippen molar-refractivity contribution in [1.29, 1.82) is 0 Å². The van der Waals surface area contributed by atoms with Gasteiger partial charge in [-0.1, -0.05) is 17.7 Å². The van der Waals surface area contributed by atoms with E-state index in [0.29, 0.717) is 41.5 Å². The molecule has 0 fully saturated rings. The molecule has 0 radical (unpaired) electrons. The Bertz CT molecular complexity index is 746. The number of aliphatic carboxylic acids is 1. The molecule has 1 aromatic carbocycles. The van der Waals surface area contributed by atoms with Gasteiger partial charge in [0.05, 0.1) is 5.56 Å². The van der Waals surface area contributed by atoms with Crippen molar-refractivity contribution in [1.82, 2.24) is 5.32 Å². The average Bonchev–Trinajstić information content (AvgIpc) is 2.88. The maximum atomic E-state index is 11.6. The fourth-order valence-electron chi connectivity index (χ4n) is 2.57. The maximum Gasteiger partial charge on any atom is 0.330 e. The van der Waals surface area contributed by atoms with Crippen LogP contribution in [-0.2, 0) is 17.8 Å². The number of rotatable bonds is 6. The lowest BCUT2D eigenvalue weighted by Crippen LogP contribution is -2.12. The highest BCUT2D eigenvalue weighted by Crippen LogP contribution is 2.36. The van der Waals surface area contributed by atoms with Crippen molar-refractivity contribution in [3.8, 4) is 11.5 Å². The zero-order valence-electron chi connectivity index (χ0n) is 13.7. The summed E-state index contributed by atoms with van der Waals surface area (Å²) in [5, 5.41) is 31.7. The average molecular weight is 331 g/mol. The molecular formula is C18H21NO5. The van der Waals surface area contributed by atoms with E-state index in [1.54, 1.807) is 13.0 Å². The van der Waals surface area contributed by atoms with Crippen molar-refractivity contribution in [3.05, 3.63) is 46.1 Å². The number of hydrogen-bond donors (Lipinski definition) is 4. The number of carboxylic acid groups (broad SMARTS) is 1. The number of carboxylic acids is 1. The highest BCUT2D eigenvalue weighted by molar-refractivity contribution is 5.99. The van der Waals surface area contributed by atoms with Crippen LogP contribution in [0, 0.1) is 0 Å². The second-order valence-corrected chi connectivity index (χ2v) is 5.92. The molecule has 128 valence electrons. The lowest BCUT2D eigenvalue weighted by Gasteiger charge is -2.09. The first-order chi connectivity index (χ1) is 11.3. The second kappa shape index (κ2) is 7.21. The van der Waals surface area contributed by atoms with Crippen LogP contribution in [-0.4, -0.2) is 27.2 Å². The highest BCUT2D eigenvalue weighted by atomic mass is 16.4. The molecule has 2 rings (SSSR count). The van der Waals surface area contributed by atoms with E-state index >= 15 is 0 Å². The summed E-state index contributed by atoms with van der Waals surface area (Å²) in [5.74, 6) is -1.37. The number of amides is 1. The Kier molecular flexibility index (Phi) is 5.28. The Labute approximate surface area is 140 Å². The lowest BCUT2D eigenvalue weighted by molar-refractivity contribution is -0.132. The first-order valence-electron chi connectivity index (χ1n) is 7.71. The van der Waals surface area contributed by atoms with Gasteiger partial charge in [0.15, 0.2) is 0 Å². The molecule has 1 amide bonds. The number of allylic oxidation sites excluding steroid dienone is 3. The van der Waals surface area contributed by atoms with E-state index in [-0.39, 0.29) is 24.0 Å². The van der Waals surface area contributed by atoms with Crippen LogP contribution in [0.3, 0.4) is 0 Å². The van der Waals surface area contributed by atoms with E-state index in [1.807, 2.05) is 13.0 Å². The molecule has 0 saturated heterocycles. The SMILES string of the molecule is CC(=CCc1c(O)cc2c(c1O)CNC2=O)CCC=C(C)C(=O)O. The number of fused-ring (bicyclic) bond motifs is 1. The zero-order chi connectivity index (χ0) is 17.9. The van der Waals surface area contributed by atoms with Gasteiger partial charge < -0.3 is 20.6 Å². The summed E-state index contributed by atoms with van der Waals surface area (Å²) in [4.78, 5) is 22.3. The summed E-state index contributed by atoms with van der Waals surface area (Å²) in [6.07, 6.45) is 5.20. The molecule has 6 heteroatoms. The van der Waals surface area contributed by atoms with Crippen molar-refractivity contribution >= 4 is 11.9 Å². The summed E-state index contributed by atoms with van der Waals surface area (Å²) < 4.78 is 0. The third-order valence-corrected chi connectivity index (χ3v) is 4.14. The smallest absolute Gasteiger partial charge is 0.330 e. The number of phenolic OH excluding ortho intramolecular Hbond substituents is 2. The Morgan fingerprint density at radius 3 is 2.67 bits per heavy atom. The largest absolute Gasteiger partial charge is 0.507 e. The third kappa shape index (κ3) is 3.76. The summed E-state index contributed by atoms with van der Waals surface area (Å²) in [6, 6.07) is 1.38. The van der Waals surface area contributed by atoms with Gasteiger partial charge in [-0.15, -0.1) is 0 Å². The van der Waals surface area contributed by atoms with E-state index in [2.05, 4.69) is 5.32 Å². The van der Waals surface area contributed by atoms with Gasteiger partial charge in [0.2, 0.25) is 0 Å². The van der Waals surface area contributed by atoms with E-state index in [9.17, 15) is 19.8 Å². The Balaban J connectivity index is 2.08. The molecule has 0 spiro atoms. The molecule has 0 saturated carbocycles. The molecule has 6 nitrogen and oxygen atoms in total. The number of carbonyl (C=O) groups is 2. The molecule has 0 aromatic heterocycles. The van der Waals surface area contributed by atoms with Crippen molar-refractivity contribution < 1.29 is 24.9 Å². The first kappa shape index (κ1) is 17.6. The van der Waals surface area contributed by atoms with Crippen molar-refractivity contribution in [3.63, 3.8) is 0 Å². The Morgan fingerprint density at radius 2 is 2.00 bits per heavy atom. The van der Waals surface area contributed by atoms with Gasteiger partial charge in [0.1, 0.15) is 11.5 Å². The van der Waals surface area contributed by atoms with Crippen LogP contribution in [0.2, 0.25) is 0 Å². The standard InChI is InChI=1S/C18H21NO5/c1-10(4-3-5-11(2)18(23)24)6-7-12-15(20)8-13-14(16(12)21)9-19-17(13)22/h5-6,8,20-21H,3-4,7,9H2,1-2H3,(H,19,22)(H,23,24). The Hall–Kier alpha value is -2.76. The minimum atomic E-state index is -0.923. The molecular weight excluding hydrogens is 310 g/mol. The minimum absolute atomic E-state index is 0.0472. The monoisotopic (exact) mass is 331 g/mol. The number of carbonyl (C=O) groups excluding carboxylic acids is 1. The maximum absolute atomic E-state index is 11.6. The van der Waals surface area contributed by atoms with Gasteiger partial charge in [-0.3, -0.25) is 4.79 Å². The van der Waals surface area contributed by atoms with E-state index in [1.165, 1.54) is 6.07 Å². The van der Waals surface area contributed by atoms with Crippen LogP contribution in [0.1, 0.15) is 48.2 Å². The van der Waals surface area contributed by atoms with Crippen LogP contribution >= 0.6 is 0 Å². The molecule has 0 bridgehead atoms. The molecule has 1 aromatic rings. The normalized spacial score (nSPS) is 14.5. The molecule has 0 unspecified atom stereocenters. The number of hydrogen-bond acceptors (Lipinski definition) is 4. The first-order valence-corrected chi connectivity index (χ1v) is 7.71. The summed E-state index contributed by atoms with van der Waals surface area (Å²) in [6.45, 7) is 3.73. The van der Waals surface area contributed by atoms with Gasteiger partial charge in [-0.05, 0) is 39.2 Å². The molecule has 24 heavy (non-hydrogen) atoms. The fraction of sp³-hybridized carbons (Fsp3) is 0.333. The van der Waals surface area contributed by atoms with Gasteiger partial charge in [-0.25, -0.2) is 4.79 Å². The Morgan fingerprint density at radius 1 is 1.29 bits per heavy atom. The van der Waals surface area contributed by atoms with Crippen LogP contribution < -0.4 is 5.32 Å². The summed E-state index contributed by atoms with van der Waals surface area (Å²) >= 11 is 0. The van der Waals surface area contributed by atoms with E-state index < -0.39 is 5.97 Å². The molecule has 1 aliphatic rings. The van der Waals surface area contributed by atoms with E-state index in [4.69, 9.17) is 5.11 Å². The van der Waals surface area contributed by atoms with Crippen molar-refractivity contribution in [2.45, 2.75) is 39.7 Å². The van der Waals surface area contributed by atoms with Crippen molar-refractivity contribution in [2.24, 2.45) is 0 Å². The number of phenols is 2. The zero-order valence-corrected chi connectivity index (χ0v) is 13.7. The molecule has 0 atom stereocenters. The van der Waals surface area contributed by atoms with Crippen LogP contribution in [0.4, 0.5) is 0 Å². The number of benzene rings is 1. The minimum Gasteiger partial charge on any atom is -0.507 e. The molecule has 0 aliphatic carbocycles.